The van der Waals surface area contributed by atoms with E-state index < -0.39 is 84.9 Å². The van der Waals surface area contributed by atoms with Gasteiger partial charge in [0.15, 0.2) is 5.96 Å². The fourth-order valence-electron chi connectivity index (χ4n) is 3.63. The van der Waals surface area contributed by atoms with Crippen LogP contribution in [0.4, 0.5) is 4.79 Å². The zero-order valence-corrected chi connectivity index (χ0v) is 26.0. The lowest BCUT2D eigenvalue weighted by atomic mass is 10.1. The van der Waals surface area contributed by atoms with Crippen molar-refractivity contribution < 1.29 is 48.1 Å². The number of nitrogens with two attached hydrogens (primary N) is 2. The van der Waals surface area contributed by atoms with E-state index in [4.69, 9.17) is 20.9 Å². The zero-order valence-electron chi connectivity index (χ0n) is 26.0. The molecule has 46 heavy (non-hydrogen) atoms. The quantitative estimate of drug-likeness (QED) is 0.0325. The maximum atomic E-state index is 13.2. The molecule has 20 heteroatoms. The number of aliphatic carboxylic acids is 1. The number of aromatic nitrogens is 2. The summed E-state index contributed by atoms with van der Waals surface area (Å²) >= 11 is 0. The third-order valence-corrected chi connectivity index (χ3v) is 5.62. The molecule has 1 aromatic rings. The summed E-state index contributed by atoms with van der Waals surface area (Å²) in [4.78, 5) is 96.7. The van der Waals surface area contributed by atoms with Gasteiger partial charge >= 0.3 is 18.0 Å². The molecule has 256 valence electrons. The van der Waals surface area contributed by atoms with Crippen LogP contribution in [0.5, 0.6) is 0 Å². The first-order valence-electron chi connectivity index (χ1n) is 14.0. The van der Waals surface area contributed by atoms with Crippen LogP contribution >= 0.6 is 0 Å². The number of hydrogen-bond donors (Lipinski definition) is 9. The van der Waals surface area contributed by atoms with Gasteiger partial charge in [-0.2, -0.15) is 0 Å². The summed E-state index contributed by atoms with van der Waals surface area (Å²) < 4.78 is 9.77. The Bertz CT molecular complexity index is 1240. The average Bonchev–Trinajstić information content (AvgIpc) is 3.47. The third-order valence-electron chi connectivity index (χ3n) is 5.62. The van der Waals surface area contributed by atoms with Gasteiger partial charge in [0, 0.05) is 24.9 Å². The van der Waals surface area contributed by atoms with E-state index in [9.17, 15) is 38.7 Å². The van der Waals surface area contributed by atoms with Crippen LogP contribution in [0.3, 0.4) is 0 Å². The van der Waals surface area contributed by atoms with Crippen molar-refractivity contribution in [1.82, 2.24) is 36.6 Å². The van der Waals surface area contributed by atoms with Gasteiger partial charge in [0.05, 0.1) is 26.4 Å². The summed E-state index contributed by atoms with van der Waals surface area (Å²) in [6.45, 7) is 3.61. The van der Waals surface area contributed by atoms with Gasteiger partial charge in [0.25, 0.3) is 0 Å². The molecule has 1 heterocycles. The van der Waals surface area contributed by atoms with E-state index in [-0.39, 0.29) is 31.8 Å². The predicted molar refractivity (Wildman–Crippen MR) is 160 cm³/mol. The smallest absolute Gasteiger partial charge is 0.408 e. The van der Waals surface area contributed by atoms with Crippen LogP contribution < -0.4 is 38.1 Å². The number of carbonyl (C=O) groups is 7. The summed E-state index contributed by atoms with van der Waals surface area (Å²) in [5.41, 5.74) is 10.3. The Balaban J connectivity index is 2.87. The van der Waals surface area contributed by atoms with Gasteiger partial charge in [0.2, 0.25) is 23.6 Å². The molecular formula is C26H42N10O10. The number of guanidine groups is 1. The zero-order chi connectivity index (χ0) is 34.9. The molecule has 5 amide bonds. The van der Waals surface area contributed by atoms with Gasteiger partial charge in [-0.1, -0.05) is 0 Å². The number of nitrogens with one attached hydrogen (secondary N) is 6. The second-order valence-electron chi connectivity index (χ2n) is 10.7. The van der Waals surface area contributed by atoms with Crippen LogP contribution in [-0.4, -0.2) is 113 Å². The number of carboxylic acids is 1. The van der Waals surface area contributed by atoms with E-state index in [2.05, 4.69) is 41.5 Å². The fraction of sp³-hybridized carbons (Fsp3) is 0.577. The normalized spacial score (nSPS) is 12.7. The van der Waals surface area contributed by atoms with Gasteiger partial charge < -0.3 is 57.6 Å². The predicted octanol–water partition coefficient (Wildman–Crippen LogP) is -3.25. The number of alkyl carbamates (subject to hydrolysis) is 1. The number of esters is 1. The van der Waals surface area contributed by atoms with Gasteiger partial charge in [-0.05, 0) is 33.6 Å². The van der Waals surface area contributed by atoms with Crippen molar-refractivity contribution in [3.05, 3.63) is 18.2 Å². The second-order valence-corrected chi connectivity index (χ2v) is 10.7. The Hall–Kier alpha value is -5.43. The number of methoxy groups -OCH3 is 1. The second kappa shape index (κ2) is 19.1. The average molecular weight is 655 g/mol. The van der Waals surface area contributed by atoms with E-state index in [1.807, 2.05) is 0 Å². The molecule has 0 aliphatic heterocycles. The lowest BCUT2D eigenvalue weighted by Crippen LogP contribution is -2.55. The van der Waals surface area contributed by atoms with Gasteiger partial charge in [-0.15, -0.1) is 0 Å². The standard InChI is InChI=1S/C26H42N10O10/c1-26(2,3)46-25(44)32-12-19(38)35-16(9-20(39)40)21(41)31-11-18(37)34-15(6-5-7-30-24(27)28)22(42)36-17(23(43)45-4)8-14-10-29-13-33-14/h10,13,15-17H,5-9,11-12H2,1-4H3,(H,29,33)(H,31,41)(H,32,44)(H,34,37)(H,35,38)(H,36,42)(H,39,40)(H4,27,28,30). The number of nitrogens with zero attached hydrogens (tertiary/aromatic N) is 2. The molecule has 1 aromatic heterocycles. The van der Waals surface area contributed by atoms with Gasteiger partial charge in [-0.25, -0.2) is 14.6 Å². The first kappa shape index (κ1) is 38.6. The maximum Gasteiger partial charge on any atom is 0.408 e. The molecule has 0 bridgehead atoms. The van der Waals surface area contributed by atoms with Crippen LogP contribution in [-0.2, 0) is 44.7 Å². The summed E-state index contributed by atoms with van der Waals surface area (Å²) in [7, 11) is 1.14. The molecule has 0 radical (unpaired) electrons. The number of hydrogen-bond acceptors (Lipinski definition) is 11. The van der Waals surface area contributed by atoms with Crippen molar-refractivity contribution in [3.63, 3.8) is 0 Å². The van der Waals surface area contributed by atoms with Crippen molar-refractivity contribution in [3.8, 4) is 0 Å². The molecule has 0 saturated carbocycles. The lowest BCUT2D eigenvalue weighted by molar-refractivity contribution is -0.145. The molecule has 0 fully saturated rings. The van der Waals surface area contributed by atoms with Crippen LogP contribution in [0, 0.1) is 0 Å². The highest BCUT2D eigenvalue weighted by Crippen LogP contribution is 2.06. The summed E-state index contributed by atoms with van der Waals surface area (Å²) in [6.07, 6.45) is 1.35. The minimum absolute atomic E-state index is 0.00706. The van der Waals surface area contributed by atoms with Crippen molar-refractivity contribution in [2.24, 2.45) is 16.5 Å². The van der Waals surface area contributed by atoms with E-state index in [1.165, 1.54) is 12.5 Å². The van der Waals surface area contributed by atoms with Gasteiger partial charge in [-0.3, -0.25) is 29.0 Å². The molecule has 0 aromatic carbocycles. The topological polar surface area (TPSA) is 311 Å². The van der Waals surface area contributed by atoms with Crippen molar-refractivity contribution in [1.29, 1.82) is 0 Å². The molecule has 3 unspecified atom stereocenters. The fourth-order valence-corrected chi connectivity index (χ4v) is 3.63. The largest absolute Gasteiger partial charge is 0.481 e. The van der Waals surface area contributed by atoms with Crippen molar-refractivity contribution in [2.75, 3.05) is 26.7 Å². The number of carboxylic acid groups (broad SMARTS) is 1. The highest BCUT2D eigenvalue weighted by atomic mass is 16.6. The molecule has 20 nitrogen and oxygen atoms in total. The number of amides is 5. The molecule has 0 aliphatic carbocycles. The number of ether oxygens (including phenoxy) is 2. The monoisotopic (exact) mass is 654 g/mol. The molecule has 11 N–H and O–H groups in total. The number of imidazole rings is 1. The third kappa shape index (κ3) is 16.4. The minimum atomic E-state index is -1.61. The maximum absolute atomic E-state index is 13.2. The molecule has 3 atom stereocenters. The van der Waals surface area contributed by atoms with E-state index >= 15 is 0 Å². The van der Waals surface area contributed by atoms with E-state index in [0.29, 0.717) is 5.69 Å². The van der Waals surface area contributed by atoms with Gasteiger partial charge in [0.1, 0.15) is 30.3 Å². The number of rotatable bonds is 18. The Labute approximate surface area is 264 Å². The van der Waals surface area contributed by atoms with Crippen LogP contribution in [0.1, 0.15) is 45.7 Å². The summed E-state index contributed by atoms with van der Waals surface area (Å²) in [6, 6.07) is -3.97. The van der Waals surface area contributed by atoms with Crippen molar-refractivity contribution >= 4 is 47.6 Å². The minimum Gasteiger partial charge on any atom is -0.481 e. The molecule has 1 rings (SSSR count). The highest BCUT2D eigenvalue weighted by Gasteiger charge is 2.29. The molecule has 0 aliphatic rings. The number of aromatic amines is 1. The van der Waals surface area contributed by atoms with Crippen LogP contribution in [0.2, 0.25) is 0 Å². The SMILES string of the molecule is COC(=O)C(Cc1cnc[nH]1)NC(=O)C(CCCN=C(N)N)NC(=O)CNC(=O)C(CC(=O)O)NC(=O)CNC(=O)OC(C)(C)C. The number of aliphatic imine (C=N–C) groups is 1. The van der Waals surface area contributed by atoms with E-state index in [0.717, 1.165) is 7.11 Å². The van der Waals surface area contributed by atoms with E-state index in [1.54, 1.807) is 20.8 Å². The molecule has 0 saturated heterocycles. The summed E-state index contributed by atoms with van der Waals surface area (Å²) in [5, 5.41) is 20.7. The summed E-state index contributed by atoms with van der Waals surface area (Å²) in [5.74, 6) is -5.90. The Morgan fingerprint density at radius 2 is 1.59 bits per heavy atom. The molecule has 0 spiro atoms. The Morgan fingerprint density at radius 3 is 2.13 bits per heavy atom. The highest BCUT2D eigenvalue weighted by molar-refractivity contribution is 5.95. The number of H-pyrrole nitrogens is 1. The number of carbonyl (C=O) groups excluding carboxylic acids is 6. The van der Waals surface area contributed by atoms with Crippen LogP contribution in [0.25, 0.3) is 0 Å². The first-order chi connectivity index (χ1) is 21.5. The lowest BCUT2D eigenvalue weighted by Gasteiger charge is -2.22. The first-order valence-corrected chi connectivity index (χ1v) is 14.0. The Kier molecular flexibility index (Phi) is 16.0. The molecular weight excluding hydrogens is 612 g/mol. The Morgan fingerprint density at radius 1 is 0.957 bits per heavy atom. The van der Waals surface area contributed by atoms with Crippen molar-refractivity contribution in [2.45, 2.75) is 70.2 Å². The van der Waals surface area contributed by atoms with Crippen LogP contribution in [0.15, 0.2) is 17.5 Å².